The van der Waals surface area contributed by atoms with Crippen LogP contribution in [0.1, 0.15) is 17.5 Å². The minimum atomic E-state index is 0.166. The summed E-state index contributed by atoms with van der Waals surface area (Å²) in [5.41, 5.74) is 1.96. The summed E-state index contributed by atoms with van der Waals surface area (Å²) < 4.78 is 5.20. The first-order valence-corrected chi connectivity index (χ1v) is 6.52. The molecule has 0 atom stereocenters. The van der Waals surface area contributed by atoms with Crippen molar-refractivity contribution in [3.05, 3.63) is 34.8 Å². The van der Waals surface area contributed by atoms with Gasteiger partial charge in [0.2, 0.25) is 0 Å². The molecule has 0 aliphatic rings. The maximum absolute atomic E-state index is 11.2. The summed E-state index contributed by atoms with van der Waals surface area (Å²) in [4.78, 5) is 16.7. The SMILES string of the molecule is COc1cccc(-c2nc(C)c(CC(C)=O)s2)c1. The smallest absolute Gasteiger partial charge is 0.135 e. The third kappa shape index (κ3) is 2.76. The average molecular weight is 261 g/mol. The molecular formula is C14H15NO2S. The summed E-state index contributed by atoms with van der Waals surface area (Å²) in [6, 6.07) is 7.80. The highest BCUT2D eigenvalue weighted by Crippen LogP contribution is 2.30. The van der Waals surface area contributed by atoms with E-state index in [1.54, 1.807) is 25.4 Å². The molecule has 0 bridgehead atoms. The number of Topliss-reactive ketones (excluding diaryl/α,β-unsaturated/α-hetero) is 1. The Balaban J connectivity index is 2.35. The molecule has 0 N–H and O–H groups in total. The number of carbonyl (C=O) groups excluding carboxylic acids is 1. The van der Waals surface area contributed by atoms with Gasteiger partial charge in [-0.05, 0) is 26.0 Å². The van der Waals surface area contributed by atoms with E-state index >= 15 is 0 Å². The number of hydrogen-bond donors (Lipinski definition) is 0. The van der Waals surface area contributed by atoms with E-state index in [4.69, 9.17) is 4.74 Å². The van der Waals surface area contributed by atoms with Crippen LogP contribution < -0.4 is 4.74 Å². The fourth-order valence-corrected chi connectivity index (χ4v) is 2.83. The third-order valence-corrected chi connectivity index (χ3v) is 3.83. The van der Waals surface area contributed by atoms with E-state index < -0.39 is 0 Å². The molecule has 4 heteroatoms. The first kappa shape index (κ1) is 12.8. The monoisotopic (exact) mass is 261 g/mol. The largest absolute Gasteiger partial charge is 0.497 e. The van der Waals surface area contributed by atoms with Gasteiger partial charge in [0, 0.05) is 16.9 Å². The molecule has 0 saturated heterocycles. The quantitative estimate of drug-likeness (QED) is 0.848. The van der Waals surface area contributed by atoms with Gasteiger partial charge in [-0.15, -0.1) is 11.3 Å². The lowest BCUT2D eigenvalue weighted by Gasteiger charge is -2.00. The fraction of sp³-hybridized carbons (Fsp3) is 0.286. The number of carbonyl (C=O) groups is 1. The normalized spacial score (nSPS) is 10.4. The summed E-state index contributed by atoms with van der Waals surface area (Å²) in [6.45, 7) is 3.54. The Morgan fingerprint density at radius 3 is 2.89 bits per heavy atom. The minimum absolute atomic E-state index is 0.166. The molecule has 18 heavy (non-hydrogen) atoms. The maximum atomic E-state index is 11.2. The van der Waals surface area contributed by atoms with Crippen molar-refractivity contribution >= 4 is 17.1 Å². The number of ketones is 1. The number of nitrogens with zero attached hydrogens (tertiary/aromatic N) is 1. The van der Waals surface area contributed by atoms with Gasteiger partial charge < -0.3 is 4.74 Å². The molecule has 1 aromatic carbocycles. The van der Waals surface area contributed by atoms with Crippen LogP contribution in [0, 0.1) is 6.92 Å². The van der Waals surface area contributed by atoms with Crippen LogP contribution in [0.25, 0.3) is 10.6 Å². The average Bonchev–Trinajstić information content (AvgIpc) is 2.70. The molecule has 0 radical (unpaired) electrons. The standard InChI is InChI=1S/C14H15NO2S/c1-9(16)7-13-10(2)15-14(18-13)11-5-4-6-12(8-11)17-3/h4-6,8H,7H2,1-3H3. The lowest BCUT2D eigenvalue weighted by atomic mass is 10.2. The van der Waals surface area contributed by atoms with Gasteiger partial charge in [0.1, 0.15) is 16.5 Å². The molecule has 0 amide bonds. The lowest BCUT2D eigenvalue weighted by molar-refractivity contribution is -0.116. The van der Waals surface area contributed by atoms with E-state index in [1.807, 2.05) is 31.2 Å². The number of thiazole rings is 1. The Morgan fingerprint density at radius 2 is 2.22 bits per heavy atom. The molecule has 3 nitrogen and oxygen atoms in total. The van der Waals surface area contributed by atoms with Gasteiger partial charge in [-0.1, -0.05) is 12.1 Å². The number of benzene rings is 1. The van der Waals surface area contributed by atoms with Gasteiger partial charge in [0.05, 0.1) is 12.8 Å². The number of methoxy groups -OCH3 is 1. The fourth-order valence-electron chi connectivity index (χ4n) is 1.70. The lowest BCUT2D eigenvalue weighted by Crippen LogP contribution is -1.94. The zero-order valence-corrected chi connectivity index (χ0v) is 11.5. The van der Waals surface area contributed by atoms with E-state index in [0.717, 1.165) is 26.9 Å². The molecule has 0 aliphatic carbocycles. The Kier molecular flexibility index (Phi) is 3.77. The van der Waals surface area contributed by atoms with E-state index in [0.29, 0.717) is 6.42 Å². The Morgan fingerprint density at radius 1 is 1.44 bits per heavy atom. The van der Waals surface area contributed by atoms with Gasteiger partial charge in [-0.3, -0.25) is 4.79 Å². The molecule has 0 spiro atoms. The number of rotatable bonds is 4. The van der Waals surface area contributed by atoms with Crippen LogP contribution in [0.4, 0.5) is 0 Å². The maximum Gasteiger partial charge on any atom is 0.135 e. The predicted molar refractivity (Wildman–Crippen MR) is 73.2 cm³/mol. The van der Waals surface area contributed by atoms with Crippen molar-refractivity contribution in [1.29, 1.82) is 0 Å². The summed E-state index contributed by atoms with van der Waals surface area (Å²) in [7, 11) is 1.65. The van der Waals surface area contributed by atoms with Crippen LogP contribution in [0.2, 0.25) is 0 Å². The van der Waals surface area contributed by atoms with Crippen molar-refractivity contribution in [1.82, 2.24) is 4.98 Å². The van der Waals surface area contributed by atoms with Crippen molar-refractivity contribution in [3.8, 4) is 16.3 Å². The summed E-state index contributed by atoms with van der Waals surface area (Å²) in [5, 5.41) is 0.933. The van der Waals surface area contributed by atoms with Gasteiger partial charge in [-0.25, -0.2) is 4.98 Å². The Labute approximate surface area is 110 Å². The van der Waals surface area contributed by atoms with Crippen LogP contribution in [0.15, 0.2) is 24.3 Å². The van der Waals surface area contributed by atoms with Crippen molar-refractivity contribution in [3.63, 3.8) is 0 Å². The molecule has 0 fully saturated rings. The second-order valence-corrected chi connectivity index (χ2v) is 5.22. The molecule has 1 heterocycles. The number of hydrogen-bond acceptors (Lipinski definition) is 4. The summed E-state index contributed by atoms with van der Waals surface area (Å²) >= 11 is 1.57. The minimum Gasteiger partial charge on any atom is -0.497 e. The molecule has 2 aromatic rings. The zero-order valence-electron chi connectivity index (χ0n) is 10.7. The highest BCUT2D eigenvalue weighted by Gasteiger charge is 2.11. The van der Waals surface area contributed by atoms with Crippen molar-refractivity contribution in [2.24, 2.45) is 0 Å². The summed E-state index contributed by atoms with van der Waals surface area (Å²) in [6.07, 6.45) is 0.466. The van der Waals surface area contributed by atoms with Gasteiger partial charge in [-0.2, -0.15) is 0 Å². The van der Waals surface area contributed by atoms with Crippen LogP contribution in [-0.4, -0.2) is 17.9 Å². The van der Waals surface area contributed by atoms with Crippen LogP contribution in [0.3, 0.4) is 0 Å². The van der Waals surface area contributed by atoms with Gasteiger partial charge >= 0.3 is 0 Å². The zero-order chi connectivity index (χ0) is 13.1. The first-order valence-electron chi connectivity index (χ1n) is 5.70. The molecule has 0 unspecified atom stereocenters. The van der Waals surface area contributed by atoms with Gasteiger partial charge in [0.25, 0.3) is 0 Å². The van der Waals surface area contributed by atoms with E-state index in [-0.39, 0.29) is 5.78 Å². The molecule has 2 rings (SSSR count). The molecular weight excluding hydrogens is 246 g/mol. The highest BCUT2D eigenvalue weighted by molar-refractivity contribution is 7.15. The topological polar surface area (TPSA) is 39.2 Å². The van der Waals surface area contributed by atoms with E-state index in [1.165, 1.54) is 0 Å². The Hall–Kier alpha value is -1.68. The number of ether oxygens (including phenoxy) is 1. The molecule has 94 valence electrons. The van der Waals surface area contributed by atoms with Crippen molar-refractivity contribution in [2.75, 3.05) is 7.11 Å². The van der Waals surface area contributed by atoms with E-state index in [9.17, 15) is 4.79 Å². The third-order valence-electron chi connectivity index (χ3n) is 2.62. The van der Waals surface area contributed by atoms with Crippen molar-refractivity contribution in [2.45, 2.75) is 20.3 Å². The molecule has 0 aliphatic heterocycles. The second-order valence-electron chi connectivity index (χ2n) is 4.14. The first-order chi connectivity index (χ1) is 8.60. The summed E-state index contributed by atoms with van der Waals surface area (Å²) in [5.74, 6) is 0.979. The van der Waals surface area contributed by atoms with E-state index in [2.05, 4.69) is 4.98 Å². The van der Waals surface area contributed by atoms with Crippen molar-refractivity contribution < 1.29 is 9.53 Å². The van der Waals surface area contributed by atoms with Crippen LogP contribution >= 0.6 is 11.3 Å². The Bertz CT molecular complexity index is 575. The van der Waals surface area contributed by atoms with Crippen LogP contribution in [0.5, 0.6) is 5.75 Å². The highest BCUT2D eigenvalue weighted by atomic mass is 32.1. The van der Waals surface area contributed by atoms with Crippen LogP contribution in [-0.2, 0) is 11.2 Å². The van der Waals surface area contributed by atoms with Gasteiger partial charge in [0.15, 0.2) is 0 Å². The predicted octanol–water partition coefficient (Wildman–Crippen LogP) is 3.26. The second kappa shape index (κ2) is 5.31. The molecule has 0 saturated carbocycles. The number of aromatic nitrogens is 1. The number of aryl methyl sites for hydroxylation is 1. The molecule has 1 aromatic heterocycles.